The second kappa shape index (κ2) is 6.92. The van der Waals surface area contributed by atoms with Crippen LogP contribution in [0.25, 0.3) is 0 Å². The number of Topliss-reactive ketones (excluding diaryl/α,β-unsaturated/α-hetero) is 1. The van der Waals surface area contributed by atoms with Crippen LogP contribution in [0.4, 0.5) is 5.69 Å². The average Bonchev–Trinajstić information content (AvgIpc) is 2.90. The number of hydrazone groups is 1. The van der Waals surface area contributed by atoms with E-state index in [1.165, 1.54) is 6.92 Å². The highest BCUT2D eigenvalue weighted by Crippen LogP contribution is 2.26. The summed E-state index contributed by atoms with van der Waals surface area (Å²) in [5.74, 6) is -1.05. The maximum atomic E-state index is 12.2. The van der Waals surface area contributed by atoms with Gasteiger partial charge in [0.05, 0.1) is 18.8 Å². The number of carbonyl (C=O) groups excluding carboxylic acids is 2. The fourth-order valence-corrected chi connectivity index (χ4v) is 2.34. The van der Waals surface area contributed by atoms with E-state index >= 15 is 0 Å². The van der Waals surface area contributed by atoms with Gasteiger partial charge in [-0.15, -0.1) is 0 Å². The molecule has 0 aliphatic carbocycles. The van der Waals surface area contributed by atoms with E-state index in [-0.39, 0.29) is 24.0 Å². The fraction of sp³-hybridized carbons (Fsp3) is 0.438. The molecule has 0 saturated heterocycles. The molecule has 0 fully saturated rings. The lowest BCUT2D eigenvalue weighted by molar-refractivity contribution is -0.147. The summed E-state index contributed by atoms with van der Waals surface area (Å²) in [6, 6.07) is 7.12. The monoisotopic (exact) mass is 322 g/mol. The maximum absolute atomic E-state index is 12.2. The van der Waals surface area contributed by atoms with Gasteiger partial charge in [-0.2, -0.15) is 5.10 Å². The Bertz CT molecular complexity index is 613. The van der Waals surface area contributed by atoms with Gasteiger partial charge >= 0.3 is 5.97 Å². The highest BCUT2D eigenvalue weighted by Gasteiger charge is 2.36. The second-order valence-electron chi connectivity index (χ2n) is 5.68. The van der Waals surface area contributed by atoms with Gasteiger partial charge in [-0.05, 0) is 24.1 Å². The van der Waals surface area contributed by atoms with Crippen LogP contribution >= 0.6 is 11.6 Å². The molecule has 118 valence electrons. The van der Waals surface area contributed by atoms with Crippen LogP contribution in [0.1, 0.15) is 20.8 Å². The lowest BCUT2D eigenvalue weighted by Gasteiger charge is -2.16. The van der Waals surface area contributed by atoms with E-state index in [1.54, 1.807) is 23.2 Å². The fourth-order valence-electron chi connectivity index (χ4n) is 2.15. The summed E-state index contributed by atoms with van der Waals surface area (Å²) < 4.78 is 5.25. The molecule has 0 aromatic heterocycles. The van der Waals surface area contributed by atoms with Crippen LogP contribution in [0.2, 0.25) is 5.02 Å². The van der Waals surface area contributed by atoms with Crippen LogP contribution in [0.3, 0.4) is 0 Å². The van der Waals surface area contributed by atoms with Crippen molar-refractivity contribution in [3.8, 4) is 0 Å². The molecule has 22 heavy (non-hydrogen) atoms. The van der Waals surface area contributed by atoms with Gasteiger partial charge in [0.1, 0.15) is 11.6 Å². The molecule has 1 aliphatic rings. The molecule has 1 aromatic rings. The van der Waals surface area contributed by atoms with E-state index in [0.717, 1.165) is 5.69 Å². The molecular weight excluding hydrogens is 304 g/mol. The van der Waals surface area contributed by atoms with Gasteiger partial charge in [-0.3, -0.25) is 14.6 Å². The lowest BCUT2D eigenvalue weighted by Crippen LogP contribution is -2.32. The van der Waals surface area contributed by atoms with Crippen molar-refractivity contribution >= 4 is 34.8 Å². The number of ketones is 1. The van der Waals surface area contributed by atoms with E-state index in [2.05, 4.69) is 5.10 Å². The average molecular weight is 323 g/mol. The molecule has 1 aliphatic heterocycles. The van der Waals surface area contributed by atoms with Gasteiger partial charge in [0.25, 0.3) is 0 Å². The second-order valence-corrected chi connectivity index (χ2v) is 6.12. The number of benzene rings is 1. The number of ether oxygens (including phenoxy) is 1. The van der Waals surface area contributed by atoms with E-state index < -0.39 is 11.9 Å². The molecule has 1 heterocycles. The number of nitrogens with zero attached hydrogens (tertiary/aromatic N) is 2. The van der Waals surface area contributed by atoms with Gasteiger partial charge < -0.3 is 4.74 Å². The minimum Gasteiger partial charge on any atom is -0.465 e. The summed E-state index contributed by atoms with van der Waals surface area (Å²) in [6.07, 6.45) is 0. The van der Waals surface area contributed by atoms with Gasteiger partial charge in [-0.25, -0.2) is 0 Å². The van der Waals surface area contributed by atoms with Crippen molar-refractivity contribution in [1.29, 1.82) is 0 Å². The SMILES string of the molecule is CC(=O)C1=NN(c2cccc(Cl)c2)C[C@@H]1C(=O)OCC(C)C. The molecule has 6 heteroatoms. The first-order valence-corrected chi connectivity index (χ1v) is 7.55. The maximum Gasteiger partial charge on any atom is 0.317 e. The highest BCUT2D eigenvalue weighted by molar-refractivity contribution is 6.43. The zero-order chi connectivity index (χ0) is 16.3. The molecule has 0 bridgehead atoms. The molecule has 0 saturated carbocycles. The van der Waals surface area contributed by atoms with E-state index in [4.69, 9.17) is 16.3 Å². The zero-order valence-corrected chi connectivity index (χ0v) is 13.6. The van der Waals surface area contributed by atoms with Gasteiger partial charge in [0.2, 0.25) is 0 Å². The summed E-state index contributed by atoms with van der Waals surface area (Å²) in [4.78, 5) is 24.0. The Hall–Kier alpha value is -1.88. The molecule has 0 N–H and O–H groups in total. The summed E-state index contributed by atoms with van der Waals surface area (Å²) in [7, 11) is 0. The van der Waals surface area contributed by atoms with Crippen LogP contribution in [0.15, 0.2) is 29.4 Å². The number of rotatable bonds is 5. The number of hydrogen-bond donors (Lipinski definition) is 0. The standard InChI is InChI=1S/C16H19ClN2O3/c1-10(2)9-22-16(21)14-8-19(18-15(14)11(3)20)13-6-4-5-12(17)7-13/h4-7,10,14H,8-9H2,1-3H3/t14-/m0/s1. The molecule has 0 amide bonds. The van der Waals surface area contributed by atoms with Crippen molar-refractivity contribution in [2.24, 2.45) is 16.9 Å². The number of carbonyl (C=O) groups is 2. The van der Waals surface area contributed by atoms with Crippen LogP contribution in [-0.4, -0.2) is 30.6 Å². The van der Waals surface area contributed by atoms with Crippen LogP contribution in [0.5, 0.6) is 0 Å². The quantitative estimate of drug-likeness (QED) is 0.782. The van der Waals surface area contributed by atoms with Gasteiger partial charge in [-0.1, -0.05) is 31.5 Å². The third-order valence-electron chi connectivity index (χ3n) is 3.22. The topological polar surface area (TPSA) is 59.0 Å². The van der Waals surface area contributed by atoms with Crippen molar-refractivity contribution in [2.75, 3.05) is 18.2 Å². The van der Waals surface area contributed by atoms with Crippen molar-refractivity contribution in [1.82, 2.24) is 0 Å². The number of esters is 1. The Morgan fingerprint density at radius 1 is 1.45 bits per heavy atom. The Balaban J connectivity index is 2.18. The molecule has 0 spiro atoms. The predicted octanol–water partition coefficient (Wildman–Crippen LogP) is 2.92. The molecular formula is C16H19ClN2O3. The van der Waals surface area contributed by atoms with Crippen molar-refractivity contribution in [3.05, 3.63) is 29.3 Å². The molecule has 1 atom stereocenters. The van der Waals surface area contributed by atoms with E-state index in [9.17, 15) is 9.59 Å². The van der Waals surface area contributed by atoms with E-state index in [1.807, 2.05) is 19.9 Å². The van der Waals surface area contributed by atoms with Crippen molar-refractivity contribution < 1.29 is 14.3 Å². The third kappa shape index (κ3) is 3.85. The van der Waals surface area contributed by atoms with Crippen molar-refractivity contribution in [3.63, 3.8) is 0 Å². The first-order valence-electron chi connectivity index (χ1n) is 7.17. The summed E-state index contributed by atoms with van der Waals surface area (Å²) >= 11 is 5.97. The summed E-state index contributed by atoms with van der Waals surface area (Å²) in [5, 5.41) is 6.46. The van der Waals surface area contributed by atoms with Crippen LogP contribution in [-0.2, 0) is 14.3 Å². The highest BCUT2D eigenvalue weighted by atomic mass is 35.5. The van der Waals surface area contributed by atoms with Crippen molar-refractivity contribution in [2.45, 2.75) is 20.8 Å². The summed E-state index contributed by atoms with van der Waals surface area (Å²) in [6.45, 7) is 5.94. The minimum atomic E-state index is -0.657. The molecule has 2 rings (SSSR count). The molecule has 0 radical (unpaired) electrons. The molecule has 0 unspecified atom stereocenters. The number of hydrogen-bond acceptors (Lipinski definition) is 5. The van der Waals surface area contributed by atoms with Gasteiger partial charge in [0.15, 0.2) is 5.78 Å². The Labute approximate surface area is 134 Å². The largest absolute Gasteiger partial charge is 0.465 e. The smallest absolute Gasteiger partial charge is 0.317 e. The molecule has 5 nitrogen and oxygen atoms in total. The van der Waals surface area contributed by atoms with Gasteiger partial charge in [0, 0.05) is 11.9 Å². The van der Waals surface area contributed by atoms with Crippen LogP contribution < -0.4 is 5.01 Å². The first kappa shape index (κ1) is 16.5. The molecule has 1 aromatic carbocycles. The predicted molar refractivity (Wildman–Crippen MR) is 86.2 cm³/mol. The normalized spacial score (nSPS) is 17.6. The number of halogens is 1. The zero-order valence-electron chi connectivity index (χ0n) is 12.9. The van der Waals surface area contributed by atoms with Crippen LogP contribution in [0, 0.1) is 11.8 Å². The Kier molecular flexibility index (Phi) is 5.19. The summed E-state index contributed by atoms with van der Waals surface area (Å²) in [5.41, 5.74) is 0.971. The number of anilines is 1. The Morgan fingerprint density at radius 2 is 2.18 bits per heavy atom. The Morgan fingerprint density at radius 3 is 2.77 bits per heavy atom. The lowest BCUT2D eigenvalue weighted by atomic mass is 10.0. The van der Waals surface area contributed by atoms with E-state index in [0.29, 0.717) is 11.6 Å². The minimum absolute atomic E-state index is 0.226. The first-order chi connectivity index (χ1) is 10.4. The third-order valence-corrected chi connectivity index (χ3v) is 3.46.